The number of anilines is 1. The van der Waals surface area contributed by atoms with E-state index in [-0.39, 0.29) is 5.88 Å². The predicted octanol–water partition coefficient (Wildman–Crippen LogP) is 2.66. The van der Waals surface area contributed by atoms with Gasteiger partial charge < -0.3 is 14.9 Å². The van der Waals surface area contributed by atoms with E-state index >= 15 is 0 Å². The van der Waals surface area contributed by atoms with Crippen LogP contribution >= 0.6 is 0 Å². The zero-order valence-electron chi connectivity index (χ0n) is 14.0. The van der Waals surface area contributed by atoms with Gasteiger partial charge in [0.2, 0.25) is 11.2 Å². The molecule has 1 aromatic carbocycles. The van der Waals surface area contributed by atoms with Crippen LogP contribution in [-0.2, 0) is 4.74 Å². The number of benzene rings is 1. The van der Waals surface area contributed by atoms with Gasteiger partial charge in [0.25, 0.3) is 0 Å². The highest BCUT2D eigenvalue weighted by Gasteiger charge is 2.25. The standard InChI is InChI=1S/C19H22N2O3/c1-2-23-19(22)17-15(21-11-7-4-8-12-21)13-16(24-18(17)20)14-9-5-3-6-10-14/h3,5-6,9-10,13,20H,2,4,7-8,11-12H2,1H3/p+1. The van der Waals surface area contributed by atoms with E-state index in [2.05, 4.69) is 4.58 Å². The third-order valence-electron chi connectivity index (χ3n) is 4.22. The van der Waals surface area contributed by atoms with Crippen molar-refractivity contribution in [3.8, 4) is 11.3 Å². The fraction of sp³-hybridized carbons (Fsp3) is 0.368. The van der Waals surface area contributed by atoms with Gasteiger partial charge in [0, 0.05) is 18.4 Å². The van der Waals surface area contributed by atoms with Gasteiger partial charge >= 0.3 is 5.97 Å². The number of piperidine rings is 1. The monoisotopic (exact) mass is 327 g/mol. The van der Waals surface area contributed by atoms with Crippen molar-refractivity contribution in [3.05, 3.63) is 47.3 Å². The van der Waals surface area contributed by atoms with Crippen LogP contribution in [0.4, 0.5) is 5.88 Å². The van der Waals surface area contributed by atoms with Crippen molar-refractivity contribution in [3.63, 3.8) is 0 Å². The molecule has 0 unspecified atom stereocenters. The zero-order valence-corrected chi connectivity index (χ0v) is 14.0. The summed E-state index contributed by atoms with van der Waals surface area (Å²) in [6.45, 7) is 3.90. The van der Waals surface area contributed by atoms with Gasteiger partial charge in [-0.1, -0.05) is 30.3 Å². The van der Waals surface area contributed by atoms with Crippen LogP contribution in [-0.4, -0.2) is 25.7 Å². The van der Waals surface area contributed by atoms with Crippen molar-refractivity contribution in [2.45, 2.75) is 26.2 Å². The smallest absolute Gasteiger partial charge is 0.350 e. The van der Waals surface area contributed by atoms with E-state index in [0.29, 0.717) is 17.9 Å². The molecule has 24 heavy (non-hydrogen) atoms. The zero-order chi connectivity index (χ0) is 16.9. The molecule has 1 fully saturated rings. The molecule has 0 atom stereocenters. The average Bonchev–Trinajstić information content (AvgIpc) is 2.62. The molecule has 1 aromatic heterocycles. The van der Waals surface area contributed by atoms with E-state index in [1.807, 2.05) is 36.4 Å². The lowest BCUT2D eigenvalue weighted by atomic mass is 10.1. The number of nitrogens with zero attached hydrogens (tertiary/aromatic N) is 1. The molecule has 0 spiro atoms. The Labute approximate surface area is 141 Å². The molecule has 1 aliphatic rings. The van der Waals surface area contributed by atoms with Crippen molar-refractivity contribution in [2.24, 2.45) is 0 Å². The lowest BCUT2D eigenvalue weighted by molar-refractivity contribution is 0.0522. The Morgan fingerprint density at radius 2 is 1.92 bits per heavy atom. The molecule has 126 valence electrons. The van der Waals surface area contributed by atoms with E-state index in [4.69, 9.17) is 14.9 Å². The highest BCUT2D eigenvalue weighted by Crippen LogP contribution is 2.22. The summed E-state index contributed by atoms with van der Waals surface area (Å²) in [5.74, 6) is 0.330. The average molecular weight is 327 g/mol. The largest absolute Gasteiger partial charge is 0.462 e. The molecule has 2 N–H and O–H groups in total. The quantitative estimate of drug-likeness (QED) is 0.695. The van der Waals surface area contributed by atoms with E-state index in [1.54, 1.807) is 6.92 Å². The van der Waals surface area contributed by atoms with Crippen molar-refractivity contribution in [1.29, 1.82) is 0 Å². The first-order valence-corrected chi connectivity index (χ1v) is 8.45. The number of rotatable bonds is 3. The minimum atomic E-state index is -0.432. The molecule has 3 rings (SSSR count). The number of carbonyl (C=O) groups excluding carboxylic acids is 1. The van der Waals surface area contributed by atoms with Gasteiger partial charge in [-0.3, -0.25) is 0 Å². The Morgan fingerprint density at radius 3 is 2.58 bits per heavy atom. The number of carbonyl (C=O) groups is 1. The number of hydrogen-bond donors (Lipinski definition) is 1. The fourth-order valence-electron chi connectivity index (χ4n) is 3.06. The van der Waals surface area contributed by atoms with Crippen molar-refractivity contribution >= 4 is 11.9 Å². The van der Waals surface area contributed by atoms with Gasteiger partial charge in [0.15, 0.2) is 5.56 Å². The first-order valence-electron chi connectivity index (χ1n) is 8.45. The maximum atomic E-state index is 12.4. The Balaban J connectivity index is 2.21. The van der Waals surface area contributed by atoms with Crippen molar-refractivity contribution < 1.29 is 13.9 Å². The summed E-state index contributed by atoms with van der Waals surface area (Å²) >= 11 is 0. The lowest BCUT2D eigenvalue weighted by Gasteiger charge is -2.12. The van der Waals surface area contributed by atoms with Gasteiger partial charge in [0.1, 0.15) is 18.8 Å². The third kappa shape index (κ3) is 3.35. The molecule has 0 bridgehead atoms. The van der Waals surface area contributed by atoms with Crippen LogP contribution in [0, 0.1) is 0 Å². The van der Waals surface area contributed by atoms with Crippen LogP contribution in [0.2, 0.25) is 0 Å². The van der Waals surface area contributed by atoms with Gasteiger partial charge in [-0.2, -0.15) is 0 Å². The van der Waals surface area contributed by atoms with Crippen molar-refractivity contribution in [1.82, 2.24) is 4.58 Å². The maximum Gasteiger partial charge on any atom is 0.350 e. The summed E-state index contributed by atoms with van der Waals surface area (Å²) in [6, 6.07) is 11.7. The molecule has 0 saturated carbocycles. The Hall–Kier alpha value is -2.56. The van der Waals surface area contributed by atoms with Gasteiger partial charge in [0.05, 0.1) is 12.7 Å². The van der Waals surface area contributed by atoms with Crippen molar-refractivity contribution in [2.75, 3.05) is 25.4 Å². The van der Waals surface area contributed by atoms with Crippen LogP contribution < -0.4 is 15.7 Å². The van der Waals surface area contributed by atoms with Crippen LogP contribution in [0.3, 0.4) is 0 Å². The molecule has 1 saturated heterocycles. The minimum absolute atomic E-state index is 0.107. The molecule has 0 amide bonds. The minimum Gasteiger partial charge on any atom is -0.462 e. The molecular weight excluding hydrogens is 304 g/mol. The summed E-state index contributed by atoms with van der Waals surface area (Å²) in [7, 11) is 0. The maximum absolute atomic E-state index is 12.4. The fourth-order valence-corrected chi connectivity index (χ4v) is 3.06. The van der Waals surface area contributed by atoms with E-state index in [9.17, 15) is 4.79 Å². The molecule has 2 aromatic rings. The number of ether oxygens (including phenoxy) is 1. The summed E-state index contributed by atoms with van der Waals surface area (Å²) in [5, 5.41) is 0.802. The van der Waals surface area contributed by atoms with Crippen LogP contribution in [0.25, 0.3) is 11.3 Å². The van der Waals surface area contributed by atoms with Crippen LogP contribution in [0.1, 0.15) is 36.5 Å². The summed E-state index contributed by atoms with van der Waals surface area (Å²) in [6.07, 6.45) is 3.42. The highest BCUT2D eigenvalue weighted by molar-refractivity contribution is 5.93. The number of nitrogen functional groups attached to an aromatic ring is 1. The second-order valence-corrected chi connectivity index (χ2v) is 5.87. The van der Waals surface area contributed by atoms with Gasteiger partial charge in [-0.25, -0.2) is 9.37 Å². The first-order chi connectivity index (χ1) is 11.7. The number of hydrogen-bond acceptors (Lipinski definition) is 4. The second-order valence-electron chi connectivity index (χ2n) is 5.87. The molecule has 5 heteroatoms. The molecule has 0 aliphatic carbocycles. The molecule has 0 radical (unpaired) electrons. The molecule has 5 nitrogen and oxygen atoms in total. The van der Waals surface area contributed by atoms with Crippen LogP contribution in [0.5, 0.6) is 0 Å². The Bertz CT molecular complexity index is 786. The Kier molecular flexibility index (Phi) is 4.99. The molecule has 1 aliphatic heterocycles. The van der Waals surface area contributed by atoms with E-state index < -0.39 is 5.97 Å². The normalized spacial score (nSPS) is 14.5. The van der Waals surface area contributed by atoms with Gasteiger partial charge in [-0.15, -0.1) is 0 Å². The lowest BCUT2D eigenvalue weighted by Crippen LogP contribution is -2.38. The second kappa shape index (κ2) is 7.34. The SMILES string of the molecule is CCOC(=O)c1c(N)oc(-c2ccccc2)cc1=[N+]1CCCCC1. The summed E-state index contributed by atoms with van der Waals surface area (Å²) in [5.41, 5.74) is 7.36. The topological polar surface area (TPSA) is 68.5 Å². The summed E-state index contributed by atoms with van der Waals surface area (Å²) < 4.78 is 13.1. The van der Waals surface area contributed by atoms with Crippen LogP contribution in [0.15, 0.2) is 40.8 Å². The number of nitrogens with two attached hydrogens (primary N) is 1. The predicted molar refractivity (Wildman–Crippen MR) is 93.4 cm³/mol. The van der Waals surface area contributed by atoms with E-state index in [1.165, 1.54) is 6.42 Å². The van der Waals surface area contributed by atoms with Gasteiger partial charge in [-0.05, 0) is 13.3 Å². The number of esters is 1. The molecule has 2 heterocycles. The highest BCUT2D eigenvalue weighted by atomic mass is 16.5. The molecular formula is C19H23N2O3+. The van der Waals surface area contributed by atoms with E-state index in [0.717, 1.165) is 36.9 Å². The Morgan fingerprint density at radius 1 is 1.21 bits per heavy atom. The third-order valence-corrected chi connectivity index (χ3v) is 4.22. The first kappa shape index (κ1) is 16.3. The summed E-state index contributed by atoms with van der Waals surface area (Å²) in [4.78, 5) is 12.4.